The first-order valence-electron chi connectivity index (χ1n) is 6.86. The van der Waals surface area contributed by atoms with Crippen molar-refractivity contribution in [2.24, 2.45) is 5.92 Å². The van der Waals surface area contributed by atoms with Crippen molar-refractivity contribution in [1.29, 1.82) is 0 Å². The molecule has 0 aromatic heterocycles. The van der Waals surface area contributed by atoms with Gasteiger partial charge in [0.25, 0.3) is 0 Å². The molecule has 0 aliphatic heterocycles. The van der Waals surface area contributed by atoms with Crippen molar-refractivity contribution in [1.82, 2.24) is 5.32 Å². The minimum atomic E-state index is -0.396. The third-order valence-corrected chi connectivity index (χ3v) is 4.04. The van der Waals surface area contributed by atoms with E-state index in [1.54, 1.807) is 0 Å². The van der Waals surface area contributed by atoms with Crippen LogP contribution < -0.4 is 5.32 Å². The Morgan fingerprint density at radius 1 is 1.22 bits per heavy atom. The minimum Gasteiger partial charge on any atom is -0.314 e. The predicted molar refractivity (Wildman–Crippen MR) is 69.6 cm³/mol. The fraction of sp³-hybridized carbons (Fsp3) is 0.600. The highest BCUT2D eigenvalue weighted by molar-refractivity contribution is 5.28. The second-order valence-electron chi connectivity index (χ2n) is 5.11. The molecule has 0 amide bonds. The fourth-order valence-corrected chi connectivity index (χ4v) is 3.04. The molecule has 1 aromatic rings. The van der Waals surface area contributed by atoms with Gasteiger partial charge in [-0.2, -0.15) is 0 Å². The number of nitrogens with one attached hydrogen (secondary N) is 1. The average molecular weight is 253 g/mol. The van der Waals surface area contributed by atoms with Gasteiger partial charge in [0, 0.05) is 11.6 Å². The standard InChI is InChI=1S/C15H21F2N/c1-3-8-18-14-9-11(10(14)4-2)15-12(16)6-5-7-13(15)17/h5-7,10-11,14,18H,3-4,8-9H2,1-2H3. The average Bonchev–Trinajstić information content (AvgIpc) is 2.31. The molecule has 100 valence electrons. The monoisotopic (exact) mass is 253 g/mol. The van der Waals surface area contributed by atoms with Crippen molar-refractivity contribution in [2.75, 3.05) is 6.54 Å². The summed E-state index contributed by atoms with van der Waals surface area (Å²) >= 11 is 0. The summed E-state index contributed by atoms with van der Waals surface area (Å²) in [6.07, 6.45) is 2.89. The highest BCUT2D eigenvalue weighted by atomic mass is 19.1. The van der Waals surface area contributed by atoms with Crippen LogP contribution in [0.25, 0.3) is 0 Å². The van der Waals surface area contributed by atoms with E-state index in [1.165, 1.54) is 18.2 Å². The summed E-state index contributed by atoms with van der Waals surface area (Å²) < 4.78 is 27.5. The van der Waals surface area contributed by atoms with Crippen LogP contribution in [0, 0.1) is 17.6 Å². The molecule has 0 spiro atoms. The van der Waals surface area contributed by atoms with Crippen LogP contribution >= 0.6 is 0 Å². The van der Waals surface area contributed by atoms with E-state index in [9.17, 15) is 8.78 Å². The zero-order valence-corrected chi connectivity index (χ0v) is 11.0. The molecule has 1 N–H and O–H groups in total. The van der Waals surface area contributed by atoms with Crippen molar-refractivity contribution in [3.8, 4) is 0 Å². The summed E-state index contributed by atoms with van der Waals surface area (Å²) in [6, 6.07) is 4.56. The molecule has 1 saturated carbocycles. The van der Waals surface area contributed by atoms with Gasteiger partial charge >= 0.3 is 0 Å². The molecule has 3 heteroatoms. The summed E-state index contributed by atoms with van der Waals surface area (Å²) in [5.41, 5.74) is 0.291. The van der Waals surface area contributed by atoms with Gasteiger partial charge in [0.1, 0.15) is 11.6 Å². The van der Waals surface area contributed by atoms with E-state index in [0.29, 0.717) is 17.5 Å². The highest BCUT2D eigenvalue weighted by Crippen LogP contribution is 2.46. The zero-order valence-electron chi connectivity index (χ0n) is 11.0. The molecular weight excluding hydrogens is 232 g/mol. The Kier molecular flexibility index (Phi) is 4.33. The first-order valence-corrected chi connectivity index (χ1v) is 6.86. The lowest BCUT2D eigenvalue weighted by Gasteiger charge is -2.45. The second kappa shape index (κ2) is 5.79. The zero-order chi connectivity index (χ0) is 13.1. The predicted octanol–water partition coefficient (Wildman–Crippen LogP) is 3.85. The van der Waals surface area contributed by atoms with E-state index < -0.39 is 11.6 Å². The van der Waals surface area contributed by atoms with E-state index in [0.717, 1.165) is 25.8 Å². The largest absolute Gasteiger partial charge is 0.314 e. The molecule has 1 nitrogen and oxygen atoms in total. The Morgan fingerprint density at radius 2 is 1.89 bits per heavy atom. The van der Waals surface area contributed by atoms with E-state index in [-0.39, 0.29) is 5.92 Å². The Hall–Kier alpha value is -0.960. The van der Waals surface area contributed by atoms with Gasteiger partial charge in [-0.05, 0) is 43.4 Å². The molecule has 1 aliphatic rings. The number of benzene rings is 1. The maximum absolute atomic E-state index is 13.8. The van der Waals surface area contributed by atoms with Gasteiger partial charge in [-0.25, -0.2) is 8.78 Å². The Morgan fingerprint density at radius 3 is 2.44 bits per heavy atom. The summed E-state index contributed by atoms with van der Waals surface area (Å²) in [5, 5.41) is 3.46. The minimum absolute atomic E-state index is 0.0329. The Labute approximate surface area is 108 Å². The van der Waals surface area contributed by atoms with E-state index in [2.05, 4.69) is 19.2 Å². The first-order chi connectivity index (χ1) is 8.69. The molecule has 0 heterocycles. The van der Waals surface area contributed by atoms with E-state index in [4.69, 9.17) is 0 Å². The summed E-state index contributed by atoms with van der Waals surface area (Å²) in [7, 11) is 0. The number of hydrogen-bond donors (Lipinski definition) is 1. The smallest absolute Gasteiger partial charge is 0.129 e. The van der Waals surface area contributed by atoms with Crippen LogP contribution in [0.4, 0.5) is 8.78 Å². The molecule has 3 atom stereocenters. The van der Waals surface area contributed by atoms with Crippen molar-refractivity contribution in [3.05, 3.63) is 35.4 Å². The van der Waals surface area contributed by atoms with Gasteiger partial charge in [0.15, 0.2) is 0 Å². The lowest BCUT2D eigenvalue weighted by atomic mass is 9.64. The van der Waals surface area contributed by atoms with Crippen LogP contribution in [0.3, 0.4) is 0 Å². The van der Waals surface area contributed by atoms with Crippen molar-refractivity contribution >= 4 is 0 Å². The van der Waals surface area contributed by atoms with Crippen LogP contribution in [0.5, 0.6) is 0 Å². The lowest BCUT2D eigenvalue weighted by molar-refractivity contribution is 0.154. The molecule has 0 bridgehead atoms. The topological polar surface area (TPSA) is 12.0 Å². The molecule has 0 saturated heterocycles. The van der Waals surface area contributed by atoms with Crippen LogP contribution in [0.1, 0.15) is 44.6 Å². The van der Waals surface area contributed by atoms with Gasteiger partial charge < -0.3 is 5.32 Å². The molecule has 0 radical (unpaired) electrons. The van der Waals surface area contributed by atoms with Crippen LogP contribution in [0.15, 0.2) is 18.2 Å². The van der Waals surface area contributed by atoms with Crippen molar-refractivity contribution < 1.29 is 8.78 Å². The maximum Gasteiger partial charge on any atom is 0.129 e. The molecule has 1 fully saturated rings. The molecule has 1 aromatic carbocycles. The van der Waals surface area contributed by atoms with Gasteiger partial charge in [-0.1, -0.05) is 26.3 Å². The normalized spacial score (nSPS) is 27.0. The second-order valence-corrected chi connectivity index (χ2v) is 5.11. The SMILES string of the molecule is CCCNC1CC(c2c(F)cccc2F)C1CC. The van der Waals surface area contributed by atoms with Crippen LogP contribution in [-0.2, 0) is 0 Å². The van der Waals surface area contributed by atoms with Crippen LogP contribution in [-0.4, -0.2) is 12.6 Å². The fourth-order valence-electron chi connectivity index (χ4n) is 3.04. The quantitative estimate of drug-likeness (QED) is 0.840. The lowest BCUT2D eigenvalue weighted by Crippen LogP contribution is -2.49. The van der Waals surface area contributed by atoms with Gasteiger partial charge in [0.05, 0.1) is 0 Å². The Balaban J connectivity index is 2.11. The summed E-state index contributed by atoms with van der Waals surface area (Å²) in [6.45, 7) is 5.20. The molecule has 18 heavy (non-hydrogen) atoms. The van der Waals surface area contributed by atoms with E-state index in [1.807, 2.05) is 0 Å². The Bertz CT molecular complexity index is 385. The molecular formula is C15H21F2N. The third kappa shape index (κ3) is 2.41. The number of halogens is 2. The van der Waals surface area contributed by atoms with E-state index >= 15 is 0 Å². The van der Waals surface area contributed by atoms with Crippen molar-refractivity contribution in [2.45, 2.75) is 45.1 Å². The maximum atomic E-state index is 13.8. The van der Waals surface area contributed by atoms with Gasteiger partial charge in [-0.3, -0.25) is 0 Å². The summed E-state index contributed by atoms with van der Waals surface area (Å²) in [5.74, 6) is -0.409. The van der Waals surface area contributed by atoms with Crippen LogP contribution in [0.2, 0.25) is 0 Å². The highest BCUT2D eigenvalue weighted by Gasteiger charge is 2.42. The molecule has 3 unspecified atom stereocenters. The molecule has 2 rings (SSSR count). The van der Waals surface area contributed by atoms with Gasteiger partial charge in [-0.15, -0.1) is 0 Å². The van der Waals surface area contributed by atoms with Gasteiger partial charge in [0.2, 0.25) is 0 Å². The molecule has 1 aliphatic carbocycles. The first kappa shape index (κ1) is 13.5. The van der Waals surface area contributed by atoms with Crippen molar-refractivity contribution in [3.63, 3.8) is 0 Å². The number of hydrogen-bond acceptors (Lipinski definition) is 1. The summed E-state index contributed by atoms with van der Waals surface area (Å²) in [4.78, 5) is 0. The number of rotatable bonds is 5. The third-order valence-electron chi connectivity index (χ3n) is 4.04.